The number of hydrogen-bond acceptors (Lipinski definition) is 3. The van der Waals surface area contributed by atoms with Crippen molar-refractivity contribution in [2.45, 2.75) is 25.9 Å². The molecule has 74 valence electrons. The number of nitrogens with zero attached hydrogens (tertiary/aromatic N) is 1. The zero-order chi connectivity index (χ0) is 10.0. The number of rotatable bonds is 3. The van der Waals surface area contributed by atoms with Gasteiger partial charge < -0.3 is 10.2 Å². The van der Waals surface area contributed by atoms with Crippen LogP contribution in [0.25, 0.3) is 0 Å². The van der Waals surface area contributed by atoms with Crippen molar-refractivity contribution in [3.8, 4) is 0 Å². The first-order valence-electron chi connectivity index (χ1n) is 4.35. The summed E-state index contributed by atoms with van der Waals surface area (Å²) in [6.07, 6.45) is 0. The standard InChI is InChI=1S/C8H15N3O2/c1-5(9-3)4-11-6(2)7(12)10-8(11)13/h5-6,9H,4H2,1-3H3,(H,10,12,13). The Kier molecular flexibility index (Phi) is 2.87. The van der Waals surface area contributed by atoms with Crippen LogP contribution in [0.4, 0.5) is 4.79 Å². The van der Waals surface area contributed by atoms with Crippen molar-refractivity contribution in [2.24, 2.45) is 0 Å². The first kappa shape index (κ1) is 9.98. The zero-order valence-corrected chi connectivity index (χ0v) is 8.13. The minimum Gasteiger partial charge on any atom is -0.316 e. The molecular formula is C8H15N3O2. The molecule has 0 bridgehead atoms. The maximum Gasteiger partial charge on any atom is 0.324 e. The Morgan fingerprint density at radius 1 is 1.62 bits per heavy atom. The lowest BCUT2D eigenvalue weighted by atomic mass is 10.2. The molecule has 5 nitrogen and oxygen atoms in total. The van der Waals surface area contributed by atoms with Gasteiger partial charge in [-0.1, -0.05) is 0 Å². The third-order valence-electron chi connectivity index (χ3n) is 2.30. The highest BCUT2D eigenvalue weighted by molar-refractivity contribution is 6.03. The molecule has 1 aliphatic rings. The molecule has 3 amide bonds. The Labute approximate surface area is 77.5 Å². The van der Waals surface area contributed by atoms with E-state index >= 15 is 0 Å². The van der Waals surface area contributed by atoms with Crippen LogP contribution < -0.4 is 10.6 Å². The third-order valence-corrected chi connectivity index (χ3v) is 2.30. The molecule has 2 atom stereocenters. The molecule has 1 fully saturated rings. The van der Waals surface area contributed by atoms with Gasteiger partial charge in [0.25, 0.3) is 5.91 Å². The van der Waals surface area contributed by atoms with E-state index in [4.69, 9.17) is 0 Å². The van der Waals surface area contributed by atoms with E-state index in [0.717, 1.165) is 0 Å². The molecule has 1 aliphatic heterocycles. The second-order valence-electron chi connectivity index (χ2n) is 3.31. The smallest absolute Gasteiger partial charge is 0.316 e. The number of amides is 3. The molecule has 1 heterocycles. The number of carbonyl (C=O) groups is 2. The molecule has 1 saturated heterocycles. The van der Waals surface area contributed by atoms with Crippen molar-refractivity contribution < 1.29 is 9.59 Å². The van der Waals surface area contributed by atoms with Gasteiger partial charge in [-0.2, -0.15) is 0 Å². The predicted octanol–water partition coefficient (Wildman–Crippen LogP) is -0.465. The normalized spacial score (nSPS) is 24.8. The molecule has 5 heteroatoms. The largest absolute Gasteiger partial charge is 0.324 e. The van der Waals surface area contributed by atoms with E-state index in [1.807, 2.05) is 14.0 Å². The summed E-state index contributed by atoms with van der Waals surface area (Å²) in [5.74, 6) is -0.215. The van der Waals surface area contributed by atoms with E-state index in [0.29, 0.717) is 6.54 Å². The molecule has 0 aromatic rings. The number of imide groups is 1. The summed E-state index contributed by atoms with van der Waals surface area (Å²) in [7, 11) is 1.82. The number of carbonyl (C=O) groups excluding carboxylic acids is 2. The third kappa shape index (κ3) is 1.98. The SMILES string of the molecule is CNC(C)CN1C(=O)NC(=O)C1C. The number of nitrogens with one attached hydrogen (secondary N) is 2. The topological polar surface area (TPSA) is 61.4 Å². The molecule has 13 heavy (non-hydrogen) atoms. The molecule has 0 aromatic heterocycles. The quantitative estimate of drug-likeness (QED) is 0.585. The monoisotopic (exact) mass is 185 g/mol. The van der Waals surface area contributed by atoms with Crippen LogP contribution in [0, 0.1) is 0 Å². The fourth-order valence-corrected chi connectivity index (χ4v) is 1.23. The minimum atomic E-state index is -0.344. The summed E-state index contributed by atoms with van der Waals surface area (Å²) in [6, 6.07) is -0.443. The maximum absolute atomic E-state index is 11.2. The summed E-state index contributed by atoms with van der Waals surface area (Å²) >= 11 is 0. The molecule has 0 spiro atoms. The Hall–Kier alpha value is -1.10. The number of likely N-dealkylation sites (N-methyl/N-ethyl adjacent to an activating group) is 1. The number of urea groups is 1. The Balaban J connectivity index is 2.58. The lowest BCUT2D eigenvalue weighted by molar-refractivity contribution is -0.121. The van der Waals surface area contributed by atoms with Crippen LogP contribution in [0.15, 0.2) is 0 Å². The summed E-state index contributed by atoms with van der Waals surface area (Å²) in [4.78, 5) is 23.8. The Bertz CT molecular complexity index is 229. The Morgan fingerprint density at radius 3 is 2.62 bits per heavy atom. The highest BCUT2D eigenvalue weighted by Crippen LogP contribution is 2.07. The van der Waals surface area contributed by atoms with Crippen LogP contribution in [0.1, 0.15) is 13.8 Å². The van der Waals surface area contributed by atoms with Crippen LogP contribution in [0.2, 0.25) is 0 Å². The lowest BCUT2D eigenvalue weighted by Crippen LogP contribution is -2.42. The van der Waals surface area contributed by atoms with Crippen molar-refractivity contribution in [3.63, 3.8) is 0 Å². The average molecular weight is 185 g/mol. The van der Waals surface area contributed by atoms with Gasteiger partial charge in [-0.25, -0.2) is 4.79 Å². The van der Waals surface area contributed by atoms with Crippen molar-refractivity contribution in [2.75, 3.05) is 13.6 Å². The van der Waals surface area contributed by atoms with Crippen LogP contribution in [-0.4, -0.2) is 42.5 Å². The molecule has 2 unspecified atom stereocenters. The van der Waals surface area contributed by atoms with Gasteiger partial charge in [0.1, 0.15) is 6.04 Å². The first-order chi connectivity index (χ1) is 6.06. The zero-order valence-electron chi connectivity index (χ0n) is 8.13. The molecule has 0 saturated carbocycles. The molecule has 0 aliphatic carbocycles. The van der Waals surface area contributed by atoms with Crippen LogP contribution >= 0.6 is 0 Å². The second kappa shape index (κ2) is 3.74. The predicted molar refractivity (Wildman–Crippen MR) is 48.2 cm³/mol. The average Bonchev–Trinajstić information content (AvgIpc) is 2.32. The van der Waals surface area contributed by atoms with E-state index < -0.39 is 0 Å². The van der Waals surface area contributed by atoms with E-state index in [9.17, 15) is 9.59 Å². The van der Waals surface area contributed by atoms with Crippen LogP contribution in [0.3, 0.4) is 0 Å². The van der Waals surface area contributed by atoms with Crippen molar-refractivity contribution in [3.05, 3.63) is 0 Å². The van der Waals surface area contributed by atoms with E-state index in [1.54, 1.807) is 6.92 Å². The van der Waals surface area contributed by atoms with Gasteiger partial charge >= 0.3 is 6.03 Å². The highest BCUT2D eigenvalue weighted by Gasteiger charge is 2.34. The van der Waals surface area contributed by atoms with Crippen molar-refractivity contribution in [1.82, 2.24) is 15.5 Å². The number of hydrogen-bond donors (Lipinski definition) is 2. The van der Waals surface area contributed by atoms with Gasteiger partial charge in [-0.05, 0) is 20.9 Å². The van der Waals surface area contributed by atoms with Gasteiger partial charge in [0.05, 0.1) is 0 Å². The lowest BCUT2D eigenvalue weighted by Gasteiger charge is -2.22. The summed E-state index contributed by atoms with van der Waals surface area (Å²) in [5.41, 5.74) is 0. The van der Waals surface area contributed by atoms with Gasteiger partial charge in [0.15, 0.2) is 0 Å². The van der Waals surface area contributed by atoms with Gasteiger partial charge in [-0.15, -0.1) is 0 Å². The molecule has 0 aromatic carbocycles. The van der Waals surface area contributed by atoms with E-state index in [2.05, 4.69) is 10.6 Å². The first-order valence-corrected chi connectivity index (χ1v) is 4.35. The highest BCUT2D eigenvalue weighted by atomic mass is 16.2. The van der Waals surface area contributed by atoms with Gasteiger partial charge in [0.2, 0.25) is 0 Å². The van der Waals surface area contributed by atoms with Crippen LogP contribution in [-0.2, 0) is 4.79 Å². The molecule has 1 rings (SSSR count). The Morgan fingerprint density at radius 2 is 2.23 bits per heavy atom. The van der Waals surface area contributed by atoms with Crippen molar-refractivity contribution >= 4 is 11.9 Å². The summed E-state index contributed by atoms with van der Waals surface area (Å²) < 4.78 is 0. The van der Waals surface area contributed by atoms with Gasteiger partial charge in [0, 0.05) is 12.6 Å². The van der Waals surface area contributed by atoms with Crippen molar-refractivity contribution in [1.29, 1.82) is 0 Å². The molecule has 0 radical (unpaired) electrons. The maximum atomic E-state index is 11.2. The molecular weight excluding hydrogens is 170 g/mol. The molecule has 2 N–H and O–H groups in total. The van der Waals surface area contributed by atoms with Gasteiger partial charge in [-0.3, -0.25) is 10.1 Å². The summed E-state index contributed by atoms with van der Waals surface area (Å²) in [5, 5.41) is 5.28. The summed E-state index contributed by atoms with van der Waals surface area (Å²) in [6.45, 7) is 4.24. The minimum absolute atomic E-state index is 0.194. The fourth-order valence-electron chi connectivity index (χ4n) is 1.23. The van der Waals surface area contributed by atoms with E-state index in [-0.39, 0.29) is 24.0 Å². The second-order valence-corrected chi connectivity index (χ2v) is 3.31. The van der Waals surface area contributed by atoms with E-state index in [1.165, 1.54) is 4.90 Å². The fraction of sp³-hybridized carbons (Fsp3) is 0.750. The van der Waals surface area contributed by atoms with Crippen LogP contribution in [0.5, 0.6) is 0 Å².